The van der Waals surface area contributed by atoms with Crippen LogP contribution >= 0.6 is 11.8 Å². The van der Waals surface area contributed by atoms with Crippen molar-refractivity contribution in [2.45, 2.75) is 30.7 Å². The van der Waals surface area contributed by atoms with Crippen molar-refractivity contribution in [3.63, 3.8) is 0 Å². The van der Waals surface area contributed by atoms with Crippen molar-refractivity contribution < 1.29 is 22.7 Å². The fourth-order valence-corrected chi connectivity index (χ4v) is 4.24. The Morgan fingerprint density at radius 2 is 1.65 bits per heavy atom. The summed E-state index contributed by atoms with van der Waals surface area (Å²) >= 11 is 1.22. The summed E-state index contributed by atoms with van der Waals surface area (Å²) in [5, 5.41) is 11.7. The van der Waals surface area contributed by atoms with Crippen LogP contribution in [-0.4, -0.2) is 41.3 Å². The van der Waals surface area contributed by atoms with Crippen molar-refractivity contribution in [3.05, 3.63) is 60.7 Å². The van der Waals surface area contributed by atoms with Gasteiger partial charge in [-0.3, -0.25) is 4.79 Å². The predicted molar refractivity (Wildman–Crippen MR) is 126 cm³/mol. The molecular weight excluding hydrogens is 465 g/mol. The first kappa shape index (κ1) is 23.9. The number of amides is 1. The van der Waals surface area contributed by atoms with Gasteiger partial charge >= 0.3 is 6.36 Å². The van der Waals surface area contributed by atoms with Crippen LogP contribution < -0.4 is 15.0 Å². The van der Waals surface area contributed by atoms with Gasteiger partial charge in [-0.05, 0) is 67.8 Å². The Kier molecular flexibility index (Phi) is 7.56. The summed E-state index contributed by atoms with van der Waals surface area (Å²) in [7, 11) is 0. The molecule has 0 bridgehead atoms. The van der Waals surface area contributed by atoms with Gasteiger partial charge in [-0.15, -0.1) is 23.4 Å². The fraction of sp³-hybridized carbons (Fsp3) is 0.292. The molecule has 0 radical (unpaired) electrons. The Hall–Kier alpha value is -3.27. The quantitative estimate of drug-likeness (QED) is 0.427. The number of nitrogens with one attached hydrogen (secondary N) is 1. The molecule has 0 aliphatic carbocycles. The molecule has 4 rings (SSSR count). The molecule has 0 unspecified atom stereocenters. The molecule has 1 aromatic heterocycles. The van der Waals surface area contributed by atoms with Gasteiger partial charge < -0.3 is 15.0 Å². The molecule has 0 spiro atoms. The summed E-state index contributed by atoms with van der Waals surface area (Å²) < 4.78 is 40.4. The normalized spacial score (nSPS) is 14.0. The number of anilines is 2. The predicted octanol–water partition coefficient (Wildman–Crippen LogP) is 5.76. The third-order valence-electron chi connectivity index (χ3n) is 5.25. The largest absolute Gasteiger partial charge is 0.573 e. The van der Waals surface area contributed by atoms with E-state index in [1.54, 1.807) is 0 Å². The average molecular weight is 489 g/mol. The van der Waals surface area contributed by atoms with Crippen molar-refractivity contribution in [2.24, 2.45) is 0 Å². The van der Waals surface area contributed by atoms with Gasteiger partial charge in [0.15, 0.2) is 0 Å². The van der Waals surface area contributed by atoms with Crippen LogP contribution in [0.25, 0.3) is 11.3 Å². The van der Waals surface area contributed by atoms with Crippen molar-refractivity contribution in [1.82, 2.24) is 10.2 Å². The highest BCUT2D eigenvalue weighted by Gasteiger charge is 2.31. The van der Waals surface area contributed by atoms with Gasteiger partial charge in [-0.1, -0.05) is 23.9 Å². The standard InChI is InChI=1S/C24H23F3N4O2S/c25-24(26,27)33-20-10-6-18(7-11-20)28-22(32)16-34-23-13-12-21(29-30-23)17-4-8-19(9-5-17)31-14-2-1-3-15-31/h4-13H,1-3,14-16H2,(H,28,32). The number of ether oxygens (including phenoxy) is 1. The zero-order valence-corrected chi connectivity index (χ0v) is 19.0. The minimum atomic E-state index is -4.76. The molecule has 1 amide bonds. The number of piperidine rings is 1. The van der Waals surface area contributed by atoms with E-state index in [0.29, 0.717) is 10.7 Å². The van der Waals surface area contributed by atoms with E-state index in [0.717, 1.165) is 36.5 Å². The lowest BCUT2D eigenvalue weighted by Gasteiger charge is -2.28. The zero-order valence-electron chi connectivity index (χ0n) is 18.2. The number of hydrogen-bond acceptors (Lipinski definition) is 6. The molecule has 0 saturated carbocycles. The Labute approximate surface area is 199 Å². The molecule has 1 saturated heterocycles. The Morgan fingerprint density at radius 3 is 2.26 bits per heavy atom. The van der Waals surface area contributed by atoms with Gasteiger partial charge in [0.05, 0.1) is 11.4 Å². The first-order chi connectivity index (χ1) is 16.4. The fourth-order valence-electron chi connectivity index (χ4n) is 3.62. The summed E-state index contributed by atoms with van der Waals surface area (Å²) in [6, 6.07) is 16.9. The highest BCUT2D eigenvalue weighted by Crippen LogP contribution is 2.26. The van der Waals surface area contributed by atoms with Crippen molar-refractivity contribution in [3.8, 4) is 17.0 Å². The van der Waals surface area contributed by atoms with Crippen LogP contribution in [0.5, 0.6) is 5.75 Å². The van der Waals surface area contributed by atoms with E-state index < -0.39 is 6.36 Å². The zero-order chi connectivity index (χ0) is 24.0. The SMILES string of the molecule is O=C(CSc1ccc(-c2ccc(N3CCCCC3)cc2)nn1)Nc1ccc(OC(F)(F)F)cc1. The first-order valence-electron chi connectivity index (χ1n) is 10.8. The molecule has 1 N–H and O–H groups in total. The van der Waals surface area contributed by atoms with Crippen LogP contribution in [0.4, 0.5) is 24.5 Å². The highest BCUT2D eigenvalue weighted by molar-refractivity contribution is 7.99. The molecule has 0 atom stereocenters. The lowest BCUT2D eigenvalue weighted by atomic mass is 10.1. The van der Waals surface area contributed by atoms with Crippen LogP contribution in [0.15, 0.2) is 65.7 Å². The number of aromatic nitrogens is 2. The van der Waals surface area contributed by atoms with E-state index >= 15 is 0 Å². The number of thioether (sulfide) groups is 1. The minimum Gasteiger partial charge on any atom is -0.406 e. The summed E-state index contributed by atoms with van der Waals surface area (Å²) in [6.45, 7) is 2.19. The number of carbonyl (C=O) groups is 1. The number of hydrogen-bond donors (Lipinski definition) is 1. The van der Waals surface area contributed by atoms with Crippen molar-refractivity contribution in [2.75, 3.05) is 29.1 Å². The molecule has 1 aliphatic rings. The Morgan fingerprint density at radius 1 is 0.941 bits per heavy atom. The van der Waals surface area contributed by atoms with Crippen LogP contribution in [0.3, 0.4) is 0 Å². The summed E-state index contributed by atoms with van der Waals surface area (Å²) in [4.78, 5) is 14.6. The molecule has 34 heavy (non-hydrogen) atoms. The Bertz CT molecular complexity index is 1090. The van der Waals surface area contributed by atoms with E-state index in [9.17, 15) is 18.0 Å². The van der Waals surface area contributed by atoms with Crippen LogP contribution in [0, 0.1) is 0 Å². The van der Waals surface area contributed by atoms with Gasteiger partial charge in [0.1, 0.15) is 10.8 Å². The average Bonchev–Trinajstić information content (AvgIpc) is 2.84. The molecule has 1 aliphatic heterocycles. The number of benzene rings is 2. The third kappa shape index (κ3) is 6.86. The van der Waals surface area contributed by atoms with Crippen LogP contribution in [0.2, 0.25) is 0 Å². The maximum atomic E-state index is 12.2. The molecule has 1 fully saturated rings. The van der Waals surface area contributed by atoms with Gasteiger partial charge in [0, 0.05) is 30.0 Å². The number of rotatable bonds is 7. The van der Waals surface area contributed by atoms with E-state index in [1.807, 2.05) is 24.3 Å². The van der Waals surface area contributed by atoms with Gasteiger partial charge in [0.2, 0.25) is 5.91 Å². The number of carbonyl (C=O) groups excluding carboxylic acids is 1. The molecular formula is C24H23F3N4O2S. The third-order valence-corrected chi connectivity index (χ3v) is 6.17. The minimum absolute atomic E-state index is 0.0827. The second kappa shape index (κ2) is 10.8. The van der Waals surface area contributed by atoms with Gasteiger partial charge in [-0.25, -0.2) is 0 Å². The molecule has 178 valence electrons. The summed E-state index contributed by atoms with van der Waals surface area (Å²) in [5.74, 6) is -0.579. The number of alkyl halides is 3. The van der Waals surface area contributed by atoms with Crippen LogP contribution in [-0.2, 0) is 4.79 Å². The lowest BCUT2D eigenvalue weighted by Crippen LogP contribution is -2.29. The van der Waals surface area contributed by atoms with Gasteiger partial charge in [-0.2, -0.15) is 0 Å². The molecule has 2 aromatic carbocycles. The van der Waals surface area contributed by atoms with Crippen molar-refractivity contribution in [1.29, 1.82) is 0 Å². The summed E-state index contributed by atoms with van der Waals surface area (Å²) in [6.07, 6.45) is -1.00. The molecule has 3 aromatic rings. The van der Waals surface area contributed by atoms with Crippen molar-refractivity contribution >= 4 is 29.0 Å². The monoisotopic (exact) mass is 488 g/mol. The van der Waals surface area contributed by atoms with E-state index in [-0.39, 0.29) is 17.4 Å². The first-order valence-corrected chi connectivity index (χ1v) is 11.8. The number of halogens is 3. The smallest absolute Gasteiger partial charge is 0.406 e. The second-order valence-electron chi connectivity index (χ2n) is 7.76. The topological polar surface area (TPSA) is 67.4 Å². The van der Waals surface area contributed by atoms with E-state index in [1.165, 1.54) is 48.8 Å². The maximum absolute atomic E-state index is 12.2. The van der Waals surface area contributed by atoms with Gasteiger partial charge in [0.25, 0.3) is 0 Å². The Balaban J connectivity index is 1.27. The second-order valence-corrected chi connectivity index (χ2v) is 8.76. The van der Waals surface area contributed by atoms with E-state index in [2.05, 4.69) is 37.3 Å². The summed E-state index contributed by atoms with van der Waals surface area (Å²) in [5.41, 5.74) is 3.31. The number of nitrogens with zero attached hydrogens (tertiary/aromatic N) is 3. The lowest BCUT2D eigenvalue weighted by molar-refractivity contribution is -0.274. The maximum Gasteiger partial charge on any atom is 0.573 e. The molecule has 2 heterocycles. The van der Waals surface area contributed by atoms with E-state index in [4.69, 9.17) is 0 Å². The van der Waals surface area contributed by atoms with Crippen LogP contribution in [0.1, 0.15) is 19.3 Å². The molecule has 10 heteroatoms. The highest BCUT2D eigenvalue weighted by atomic mass is 32.2. The molecule has 6 nitrogen and oxygen atoms in total.